The van der Waals surface area contributed by atoms with Crippen molar-refractivity contribution in [2.75, 3.05) is 18.1 Å². The first-order chi connectivity index (χ1) is 9.61. The second-order valence-corrected chi connectivity index (χ2v) is 5.70. The summed E-state index contributed by atoms with van der Waals surface area (Å²) < 4.78 is 0. The molecule has 2 aromatic rings. The van der Waals surface area contributed by atoms with E-state index in [1.165, 1.54) is 4.90 Å². The molecule has 3 heterocycles. The first-order valence-electron chi connectivity index (χ1n) is 6.14. The molecule has 0 saturated carbocycles. The van der Waals surface area contributed by atoms with Crippen molar-refractivity contribution in [3.63, 3.8) is 0 Å². The zero-order valence-electron chi connectivity index (χ0n) is 10.4. The highest BCUT2D eigenvalue weighted by Crippen LogP contribution is 2.39. The zero-order valence-corrected chi connectivity index (χ0v) is 11.3. The molecule has 1 aliphatic heterocycles. The molecule has 20 heavy (non-hydrogen) atoms. The van der Waals surface area contributed by atoms with Gasteiger partial charge in [-0.05, 0) is 12.1 Å². The van der Waals surface area contributed by atoms with E-state index in [0.29, 0.717) is 22.4 Å². The highest BCUT2D eigenvalue weighted by atomic mass is 32.1. The second-order valence-electron chi connectivity index (χ2n) is 4.70. The summed E-state index contributed by atoms with van der Waals surface area (Å²) >= 11 is 1.06. The summed E-state index contributed by atoms with van der Waals surface area (Å²) in [6.45, 7) is 0.265. The number of nitrogens with zero attached hydrogens (tertiary/aromatic N) is 2. The van der Waals surface area contributed by atoms with Gasteiger partial charge in [0.1, 0.15) is 9.71 Å². The topological polar surface area (TPSA) is 90.7 Å². The van der Waals surface area contributed by atoms with E-state index in [-0.39, 0.29) is 29.7 Å². The molecule has 1 amide bonds. The number of hydrogen-bond acceptors (Lipinski definition) is 5. The van der Waals surface area contributed by atoms with Gasteiger partial charge in [-0.25, -0.2) is 9.78 Å². The van der Waals surface area contributed by atoms with Crippen LogP contribution in [-0.4, -0.2) is 40.2 Å². The van der Waals surface area contributed by atoms with Crippen molar-refractivity contribution in [2.24, 2.45) is 5.92 Å². The third kappa shape index (κ3) is 1.95. The number of hydrogen-bond donors (Lipinski definition) is 2. The predicted octanol–water partition coefficient (Wildman–Crippen LogP) is 1.34. The standard InChI is InChI=1S/C13H12N2O4S/c16-6-7-4-9(17)15(5-7)10-8-2-1-3-14-12(8)20-11(10)13(18)19/h1-3,7,16H,4-6H2,(H,18,19). The number of fused-ring (bicyclic) bond motifs is 1. The molecule has 0 bridgehead atoms. The summed E-state index contributed by atoms with van der Waals surface area (Å²) in [5.41, 5.74) is 0.409. The maximum atomic E-state index is 12.1. The van der Waals surface area contributed by atoms with Gasteiger partial charge >= 0.3 is 5.97 Å². The smallest absolute Gasteiger partial charge is 0.348 e. The number of amides is 1. The first-order valence-corrected chi connectivity index (χ1v) is 6.95. The normalized spacial score (nSPS) is 18.9. The monoisotopic (exact) mass is 292 g/mol. The molecular formula is C13H12N2O4S. The van der Waals surface area contributed by atoms with Gasteiger partial charge in [-0.3, -0.25) is 4.79 Å². The Balaban J connectivity index is 2.17. The van der Waals surface area contributed by atoms with Crippen molar-refractivity contribution in [3.8, 4) is 0 Å². The predicted molar refractivity (Wildman–Crippen MR) is 74.1 cm³/mol. The van der Waals surface area contributed by atoms with Gasteiger partial charge in [0.15, 0.2) is 0 Å². The third-order valence-corrected chi connectivity index (χ3v) is 4.46. The molecule has 1 saturated heterocycles. The molecular weight excluding hydrogens is 280 g/mol. The number of carboxylic acid groups (broad SMARTS) is 1. The van der Waals surface area contributed by atoms with Crippen LogP contribution in [0.25, 0.3) is 10.2 Å². The molecule has 1 fully saturated rings. The van der Waals surface area contributed by atoms with Gasteiger partial charge in [0.05, 0.1) is 5.69 Å². The van der Waals surface area contributed by atoms with E-state index in [1.807, 2.05) is 0 Å². The fraction of sp³-hybridized carbons (Fsp3) is 0.308. The third-order valence-electron chi connectivity index (χ3n) is 3.37. The summed E-state index contributed by atoms with van der Waals surface area (Å²) in [5, 5.41) is 19.2. The van der Waals surface area contributed by atoms with Crippen LogP contribution in [0.15, 0.2) is 18.3 Å². The van der Waals surface area contributed by atoms with Crippen molar-refractivity contribution < 1.29 is 19.8 Å². The van der Waals surface area contributed by atoms with E-state index in [1.54, 1.807) is 18.3 Å². The van der Waals surface area contributed by atoms with Crippen LogP contribution in [0.3, 0.4) is 0 Å². The molecule has 0 aromatic carbocycles. The van der Waals surface area contributed by atoms with E-state index >= 15 is 0 Å². The van der Waals surface area contributed by atoms with Crippen molar-refractivity contribution in [1.82, 2.24) is 4.98 Å². The van der Waals surface area contributed by atoms with Crippen molar-refractivity contribution in [3.05, 3.63) is 23.2 Å². The lowest BCUT2D eigenvalue weighted by molar-refractivity contribution is -0.117. The first kappa shape index (κ1) is 13.0. The fourth-order valence-electron chi connectivity index (χ4n) is 2.45. The van der Waals surface area contributed by atoms with Gasteiger partial charge in [0, 0.05) is 37.1 Å². The van der Waals surface area contributed by atoms with E-state index in [2.05, 4.69) is 4.98 Å². The number of thiophene rings is 1. The number of aromatic carboxylic acids is 1. The minimum Gasteiger partial charge on any atom is -0.477 e. The van der Waals surface area contributed by atoms with Gasteiger partial charge in [0.2, 0.25) is 5.91 Å². The molecule has 3 rings (SSSR count). The highest BCUT2D eigenvalue weighted by Gasteiger charge is 2.34. The van der Waals surface area contributed by atoms with Gasteiger partial charge in [0.25, 0.3) is 0 Å². The van der Waals surface area contributed by atoms with Crippen LogP contribution in [0.1, 0.15) is 16.1 Å². The summed E-state index contributed by atoms with van der Waals surface area (Å²) in [7, 11) is 0. The lowest BCUT2D eigenvalue weighted by atomic mass is 10.1. The van der Waals surface area contributed by atoms with Gasteiger partial charge in [-0.1, -0.05) is 0 Å². The Labute approximate surface area is 118 Å². The summed E-state index contributed by atoms with van der Waals surface area (Å²) in [6, 6.07) is 3.48. The number of aliphatic hydroxyl groups excluding tert-OH is 1. The Hall–Kier alpha value is -1.99. The highest BCUT2D eigenvalue weighted by molar-refractivity contribution is 7.21. The molecule has 0 radical (unpaired) electrons. The van der Waals surface area contributed by atoms with Crippen LogP contribution in [0.5, 0.6) is 0 Å². The molecule has 0 aliphatic carbocycles. The summed E-state index contributed by atoms with van der Waals surface area (Å²) in [4.78, 5) is 29.8. The molecule has 2 aromatic heterocycles. The lowest BCUT2D eigenvalue weighted by Crippen LogP contribution is -2.26. The second kappa shape index (κ2) is 4.84. The average molecular weight is 292 g/mol. The Morgan fingerprint density at radius 2 is 2.35 bits per heavy atom. The summed E-state index contributed by atoms with van der Waals surface area (Å²) in [5.74, 6) is -1.37. The molecule has 1 aliphatic rings. The quantitative estimate of drug-likeness (QED) is 0.891. The zero-order chi connectivity index (χ0) is 14.3. The molecule has 1 unspecified atom stereocenters. The number of pyridine rings is 1. The van der Waals surface area contributed by atoms with Crippen LogP contribution >= 0.6 is 11.3 Å². The van der Waals surface area contributed by atoms with Crippen LogP contribution < -0.4 is 4.90 Å². The minimum absolute atomic E-state index is 0.0784. The van der Waals surface area contributed by atoms with Crippen LogP contribution in [0, 0.1) is 5.92 Å². The van der Waals surface area contributed by atoms with Crippen molar-refractivity contribution >= 4 is 39.1 Å². The van der Waals surface area contributed by atoms with E-state index in [4.69, 9.17) is 0 Å². The number of aromatic nitrogens is 1. The Morgan fingerprint density at radius 1 is 1.55 bits per heavy atom. The molecule has 7 heteroatoms. The molecule has 0 spiro atoms. The Bertz CT molecular complexity index is 697. The Morgan fingerprint density at radius 3 is 3.00 bits per heavy atom. The fourth-order valence-corrected chi connectivity index (χ4v) is 3.44. The number of aliphatic hydroxyl groups is 1. The van der Waals surface area contributed by atoms with Crippen molar-refractivity contribution in [1.29, 1.82) is 0 Å². The van der Waals surface area contributed by atoms with Crippen LogP contribution in [-0.2, 0) is 4.79 Å². The maximum absolute atomic E-state index is 12.1. The molecule has 2 N–H and O–H groups in total. The van der Waals surface area contributed by atoms with Crippen LogP contribution in [0.4, 0.5) is 5.69 Å². The van der Waals surface area contributed by atoms with Gasteiger partial charge in [-0.2, -0.15) is 0 Å². The number of carbonyl (C=O) groups excluding carboxylic acids is 1. The number of anilines is 1. The van der Waals surface area contributed by atoms with Gasteiger partial charge < -0.3 is 15.1 Å². The molecule has 104 valence electrons. The lowest BCUT2D eigenvalue weighted by Gasteiger charge is -2.16. The summed E-state index contributed by atoms with van der Waals surface area (Å²) in [6.07, 6.45) is 1.84. The minimum atomic E-state index is -1.07. The Kier molecular flexibility index (Phi) is 3.15. The van der Waals surface area contributed by atoms with Gasteiger partial charge in [-0.15, -0.1) is 11.3 Å². The maximum Gasteiger partial charge on any atom is 0.348 e. The average Bonchev–Trinajstić information content (AvgIpc) is 2.98. The number of rotatable bonds is 3. The largest absolute Gasteiger partial charge is 0.477 e. The SMILES string of the molecule is O=C(O)c1sc2ncccc2c1N1CC(CO)CC1=O. The number of carboxylic acids is 1. The van der Waals surface area contributed by atoms with E-state index in [0.717, 1.165) is 11.3 Å². The van der Waals surface area contributed by atoms with Crippen molar-refractivity contribution in [2.45, 2.75) is 6.42 Å². The molecule has 6 nitrogen and oxygen atoms in total. The van der Waals surface area contributed by atoms with Crippen LogP contribution in [0.2, 0.25) is 0 Å². The molecule has 1 atom stereocenters. The number of carbonyl (C=O) groups is 2. The van der Waals surface area contributed by atoms with E-state index in [9.17, 15) is 19.8 Å². The van der Waals surface area contributed by atoms with E-state index < -0.39 is 5.97 Å².